The molecule has 1 aromatic carbocycles. The Morgan fingerprint density at radius 2 is 2.12 bits per heavy atom. The highest BCUT2D eigenvalue weighted by atomic mass is 35.5. The molecule has 2 heterocycles. The van der Waals surface area contributed by atoms with Gasteiger partial charge in [0.1, 0.15) is 11.8 Å². The van der Waals surface area contributed by atoms with Gasteiger partial charge >= 0.3 is 0 Å². The van der Waals surface area contributed by atoms with Crippen molar-refractivity contribution in [2.24, 2.45) is 0 Å². The van der Waals surface area contributed by atoms with E-state index in [9.17, 15) is 9.59 Å². The van der Waals surface area contributed by atoms with Gasteiger partial charge in [-0.25, -0.2) is 0 Å². The number of benzene rings is 1. The number of hydrogen-bond acceptors (Lipinski definition) is 4. The van der Waals surface area contributed by atoms with Gasteiger partial charge in [-0.05, 0) is 37.6 Å². The van der Waals surface area contributed by atoms with Gasteiger partial charge in [-0.1, -0.05) is 30.7 Å². The minimum atomic E-state index is -0.477. The minimum Gasteiger partial charge on any atom is -0.451 e. The van der Waals surface area contributed by atoms with Crippen LogP contribution >= 0.6 is 23.4 Å². The van der Waals surface area contributed by atoms with Gasteiger partial charge in [0.2, 0.25) is 5.91 Å². The maximum absolute atomic E-state index is 12.9. The molecule has 0 bridgehead atoms. The van der Waals surface area contributed by atoms with Gasteiger partial charge in [-0.3, -0.25) is 9.59 Å². The van der Waals surface area contributed by atoms with E-state index in [0.717, 1.165) is 12.0 Å². The van der Waals surface area contributed by atoms with Crippen LogP contribution in [-0.2, 0) is 4.79 Å². The molecule has 0 aliphatic carbocycles. The van der Waals surface area contributed by atoms with E-state index in [1.807, 2.05) is 32.0 Å². The average Bonchev–Trinajstić information content (AvgIpc) is 3.31. The van der Waals surface area contributed by atoms with Crippen molar-refractivity contribution in [2.75, 3.05) is 11.6 Å². The van der Waals surface area contributed by atoms with E-state index in [-0.39, 0.29) is 23.6 Å². The molecule has 2 amide bonds. The van der Waals surface area contributed by atoms with Crippen LogP contribution in [0, 0.1) is 0 Å². The molecule has 3 rings (SSSR count). The second-order valence-electron chi connectivity index (χ2n) is 6.25. The summed E-state index contributed by atoms with van der Waals surface area (Å²) in [6.45, 7) is 3.96. The zero-order valence-corrected chi connectivity index (χ0v) is 16.3. The van der Waals surface area contributed by atoms with Crippen LogP contribution in [0.15, 0.2) is 40.8 Å². The Kier molecular flexibility index (Phi) is 5.94. The standard InChI is InChI=1S/C19H21ClN2O3S/c1-3-12(2)21-18(23)15-10-26-11-22(15)19(24)17-9-8-16(25-17)13-6-4-5-7-14(13)20/h4-9,12,15H,3,10-11H2,1-2H3,(H,21,23). The van der Waals surface area contributed by atoms with Gasteiger partial charge in [-0.2, -0.15) is 0 Å². The molecule has 2 aromatic rings. The molecule has 1 N–H and O–H groups in total. The Morgan fingerprint density at radius 1 is 1.35 bits per heavy atom. The number of carbonyl (C=O) groups is 2. The fourth-order valence-electron chi connectivity index (χ4n) is 2.70. The lowest BCUT2D eigenvalue weighted by Crippen LogP contribution is -2.49. The Labute approximate surface area is 162 Å². The Morgan fingerprint density at radius 3 is 2.85 bits per heavy atom. The molecule has 5 nitrogen and oxygen atoms in total. The molecule has 138 valence electrons. The fraction of sp³-hybridized carbons (Fsp3) is 0.368. The predicted molar refractivity (Wildman–Crippen MR) is 104 cm³/mol. The molecule has 2 unspecified atom stereocenters. The Balaban J connectivity index is 1.77. The Hall–Kier alpha value is -1.92. The fourth-order valence-corrected chi connectivity index (χ4v) is 4.08. The van der Waals surface area contributed by atoms with Gasteiger partial charge in [0.05, 0.1) is 10.9 Å². The first-order chi connectivity index (χ1) is 12.5. The first-order valence-corrected chi connectivity index (χ1v) is 10.1. The van der Waals surface area contributed by atoms with Crippen molar-refractivity contribution in [2.45, 2.75) is 32.4 Å². The van der Waals surface area contributed by atoms with Gasteiger partial charge < -0.3 is 14.6 Å². The molecular weight excluding hydrogens is 372 g/mol. The quantitative estimate of drug-likeness (QED) is 0.834. The van der Waals surface area contributed by atoms with E-state index in [1.54, 1.807) is 34.9 Å². The van der Waals surface area contributed by atoms with E-state index < -0.39 is 6.04 Å². The van der Waals surface area contributed by atoms with Gasteiger partial charge in [-0.15, -0.1) is 11.8 Å². The lowest BCUT2D eigenvalue weighted by molar-refractivity contribution is -0.125. The minimum absolute atomic E-state index is 0.0838. The summed E-state index contributed by atoms with van der Waals surface area (Å²) in [4.78, 5) is 26.9. The van der Waals surface area contributed by atoms with Crippen LogP contribution in [-0.4, -0.2) is 40.4 Å². The van der Waals surface area contributed by atoms with E-state index in [2.05, 4.69) is 5.32 Å². The number of thioether (sulfide) groups is 1. The number of nitrogens with zero attached hydrogens (tertiary/aromatic N) is 1. The van der Waals surface area contributed by atoms with E-state index in [0.29, 0.717) is 22.4 Å². The van der Waals surface area contributed by atoms with Crippen LogP contribution in [0.3, 0.4) is 0 Å². The van der Waals surface area contributed by atoms with Crippen molar-refractivity contribution in [3.8, 4) is 11.3 Å². The number of nitrogens with one attached hydrogen (secondary N) is 1. The summed E-state index contributed by atoms with van der Waals surface area (Å²) < 4.78 is 5.74. The number of amides is 2. The summed E-state index contributed by atoms with van der Waals surface area (Å²) >= 11 is 7.75. The first-order valence-electron chi connectivity index (χ1n) is 8.55. The van der Waals surface area contributed by atoms with Crippen molar-refractivity contribution in [3.63, 3.8) is 0 Å². The summed E-state index contributed by atoms with van der Waals surface area (Å²) in [5.74, 6) is 1.41. The first kappa shape index (κ1) is 18.9. The van der Waals surface area contributed by atoms with Gasteiger partial charge in [0.15, 0.2) is 5.76 Å². The molecule has 1 aliphatic heterocycles. The number of furan rings is 1. The summed E-state index contributed by atoms with van der Waals surface area (Å²) in [5, 5.41) is 3.51. The molecular formula is C19H21ClN2O3S. The van der Waals surface area contributed by atoms with E-state index >= 15 is 0 Å². The number of rotatable bonds is 5. The van der Waals surface area contributed by atoms with Crippen LogP contribution in [0.2, 0.25) is 5.02 Å². The van der Waals surface area contributed by atoms with Crippen LogP contribution in [0.1, 0.15) is 30.8 Å². The smallest absolute Gasteiger partial charge is 0.290 e. The second-order valence-corrected chi connectivity index (χ2v) is 7.66. The highest BCUT2D eigenvalue weighted by Gasteiger charge is 2.36. The zero-order chi connectivity index (χ0) is 18.7. The summed E-state index contributed by atoms with van der Waals surface area (Å²) in [5.41, 5.74) is 0.732. The lowest BCUT2D eigenvalue weighted by atomic mass is 10.2. The monoisotopic (exact) mass is 392 g/mol. The van der Waals surface area contributed by atoms with Crippen molar-refractivity contribution in [1.29, 1.82) is 0 Å². The lowest BCUT2D eigenvalue weighted by Gasteiger charge is -2.23. The number of hydrogen-bond donors (Lipinski definition) is 1. The largest absolute Gasteiger partial charge is 0.451 e. The molecule has 7 heteroatoms. The molecule has 2 atom stereocenters. The third kappa shape index (κ3) is 3.91. The average molecular weight is 393 g/mol. The van der Waals surface area contributed by atoms with E-state index in [1.165, 1.54) is 0 Å². The molecule has 1 aliphatic rings. The highest BCUT2D eigenvalue weighted by molar-refractivity contribution is 7.99. The topological polar surface area (TPSA) is 62.6 Å². The van der Waals surface area contributed by atoms with Crippen molar-refractivity contribution in [1.82, 2.24) is 10.2 Å². The summed E-state index contributed by atoms with van der Waals surface area (Å²) in [7, 11) is 0. The van der Waals surface area contributed by atoms with E-state index in [4.69, 9.17) is 16.0 Å². The molecule has 0 saturated carbocycles. The second kappa shape index (κ2) is 8.18. The highest BCUT2D eigenvalue weighted by Crippen LogP contribution is 2.30. The number of carbonyl (C=O) groups excluding carboxylic acids is 2. The molecule has 1 fully saturated rings. The van der Waals surface area contributed by atoms with Gasteiger partial charge in [0, 0.05) is 17.4 Å². The predicted octanol–water partition coefficient (Wildman–Crippen LogP) is 4.03. The van der Waals surface area contributed by atoms with Crippen LogP contribution < -0.4 is 5.32 Å². The van der Waals surface area contributed by atoms with Crippen molar-refractivity contribution in [3.05, 3.63) is 47.2 Å². The van der Waals surface area contributed by atoms with Crippen molar-refractivity contribution >= 4 is 35.2 Å². The van der Waals surface area contributed by atoms with Crippen LogP contribution in [0.4, 0.5) is 0 Å². The van der Waals surface area contributed by atoms with Gasteiger partial charge in [0.25, 0.3) is 5.91 Å². The number of halogens is 1. The molecule has 1 saturated heterocycles. The molecule has 0 spiro atoms. The molecule has 0 radical (unpaired) electrons. The zero-order valence-electron chi connectivity index (χ0n) is 14.7. The maximum Gasteiger partial charge on any atom is 0.290 e. The van der Waals surface area contributed by atoms with Crippen LogP contribution in [0.5, 0.6) is 0 Å². The van der Waals surface area contributed by atoms with Crippen LogP contribution in [0.25, 0.3) is 11.3 Å². The Bertz CT molecular complexity index is 808. The normalized spacial score (nSPS) is 18.0. The summed E-state index contributed by atoms with van der Waals surface area (Å²) in [6, 6.07) is 10.3. The molecule has 26 heavy (non-hydrogen) atoms. The SMILES string of the molecule is CCC(C)NC(=O)C1CSCN1C(=O)c1ccc(-c2ccccc2Cl)o1. The third-order valence-corrected chi connectivity index (χ3v) is 5.74. The summed E-state index contributed by atoms with van der Waals surface area (Å²) in [6.07, 6.45) is 0.846. The third-order valence-electron chi connectivity index (χ3n) is 4.40. The molecule has 1 aromatic heterocycles. The van der Waals surface area contributed by atoms with Crippen molar-refractivity contribution < 1.29 is 14.0 Å². The maximum atomic E-state index is 12.9.